The minimum Gasteiger partial charge on any atom is -0.393 e. The molecule has 1 heterocycles. The number of likely N-dealkylation sites (tertiary alicyclic amines) is 1. The molecule has 1 aromatic rings. The Morgan fingerprint density at radius 3 is 2.71 bits per heavy atom. The average molecular weight is 287 g/mol. The maximum atomic E-state index is 12.9. The van der Waals surface area contributed by atoms with E-state index in [4.69, 9.17) is 0 Å². The van der Waals surface area contributed by atoms with Crippen LogP contribution in [0, 0.1) is 19.8 Å². The fourth-order valence-electron chi connectivity index (χ4n) is 4.05. The summed E-state index contributed by atoms with van der Waals surface area (Å²) in [5.74, 6) is 0.430. The van der Waals surface area contributed by atoms with Gasteiger partial charge in [-0.25, -0.2) is 0 Å². The molecule has 1 aliphatic carbocycles. The van der Waals surface area contributed by atoms with Crippen LogP contribution in [0.5, 0.6) is 0 Å². The van der Waals surface area contributed by atoms with Crippen molar-refractivity contribution in [3.05, 3.63) is 34.9 Å². The molecule has 0 radical (unpaired) electrons. The Hall–Kier alpha value is -1.35. The summed E-state index contributed by atoms with van der Waals surface area (Å²) in [5, 5.41) is 10.2. The highest BCUT2D eigenvalue weighted by Gasteiger charge is 2.40. The molecule has 2 aliphatic rings. The van der Waals surface area contributed by atoms with Crippen molar-refractivity contribution in [1.29, 1.82) is 0 Å². The van der Waals surface area contributed by atoms with Crippen LogP contribution in [0.4, 0.5) is 0 Å². The molecule has 3 unspecified atom stereocenters. The zero-order valence-electron chi connectivity index (χ0n) is 13.0. The zero-order valence-corrected chi connectivity index (χ0v) is 13.0. The van der Waals surface area contributed by atoms with Gasteiger partial charge in [-0.1, -0.05) is 18.6 Å². The third kappa shape index (κ3) is 2.59. The molecule has 1 amide bonds. The van der Waals surface area contributed by atoms with Gasteiger partial charge in [0.05, 0.1) is 6.10 Å². The SMILES string of the molecule is Cc1cccc(C(=O)N2CCCC2C2CCCC2O)c1C. The number of nitrogens with zero attached hydrogens (tertiary/aromatic N) is 1. The van der Waals surface area contributed by atoms with E-state index in [9.17, 15) is 9.90 Å². The van der Waals surface area contributed by atoms with E-state index in [1.165, 1.54) is 0 Å². The van der Waals surface area contributed by atoms with E-state index in [-0.39, 0.29) is 24.0 Å². The maximum Gasteiger partial charge on any atom is 0.254 e. The van der Waals surface area contributed by atoms with Crippen LogP contribution in [0.25, 0.3) is 0 Å². The Kier molecular flexibility index (Phi) is 4.03. The summed E-state index contributed by atoms with van der Waals surface area (Å²) in [4.78, 5) is 15.0. The first-order chi connectivity index (χ1) is 10.1. The zero-order chi connectivity index (χ0) is 15.0. The summed E-state index contributed by atoms with van der Waals surface area (Å²) in [6.07, 6.45) is 4.92. The molecule has 3 nitrogen and oxygen atoms in total. The largest absolute Gasteiger partial charge is 0.393 e. The lowest BCUT2D eigenvalue weighted by Crippen LogP contribution is -2.42. The van der Waals surface area contributed by atoms with Gasteiger partial charge in [0.2, 0.25) is 0 Å². The number of hydrogen-bond donors (Lipinski definition) is 1. The molecule has 2 fully saturated rings. The average Bonchev–Trinajstić information content (AvgIpc) is 3.09. The van der Waals surface area contributed by atoms with E-state index in [0.717, 1.165) is 55.3 Å². The second-order valence-corrected chi connectivity index (χ2v) is 6.62. The first-order valence-corrected chi connectivity index (χ1v) is 8.15. The van der Waals surface area contributed by atoms with Crippen molar-refractivity contribution in [2.45, 2.75) is 58.1 Å². The molecule has 1 N–H and O–H groups in total. The Balaban J connectivity index is 1.84. The van der Waals surface area contributed by atoms with Gasteiger partial charge in [0.15, 0.2) is 0 Å². The molecule has 114 valence electrons. The lowest BCUT2D eigenvalue weighted by Gasteiger charge is -2.31. The van der Waals surface area contributed by atoms with Gasteiger partial charge >= 0.3 is 0 Å². The third-order valence-electron chi connectivity index (χ3n) is 5.42. The highest BCUT2D eigenvalue weighted by molar-refractivity contribution is 5.96. The first kappa shape index (κ1) is 14.6. The predicted octanol–water partition coefficient (Wildman–Crippen LogP) is 3.07. The minimum absolute atomic E-state index is 0.151. The number of aliphatic hydroxyl groups excluding tert-OH is 1. The molecule has 1 aliphatic heterocycles. The molecule has 3 heteroatoms. The van der Waals surface area contributed by atoms with E-state index < -0.39 is 0 Å². The molecule has 1 saturated heterocycles. The van der Waals surface area contributed by atoms with Gasteiger partial charge < -0.3 is 10.0 Å². The van der Waals surface area contributed by atoms with Gasteiger partial charge in [-0.05, 0) is 56.7 Å². The van der Waals surface area contributed by atoms with Crippen molar-refractivity contribution < 1.29 is 9.90 Å². The van der Waals surface area contributed by atoms with Crippen molar-refractivity contribution in [3.63, 3.8) is 0 Å². The number of amides is 1. The molecule has 0 spiro atoms. The Morgan fingerprint density at radius 1 is 1.19 bits per heavy atom. The number of aliphatic hydroxyl groups is 1. The van der Waals surface area contributed by atoms with E-state index in [1.54, 1.807) is 0 Å². The number of rotatable bonds is 2. The summed E-state index contributed by atoms with van der Waals surface area (Å²) in [7, 11) is 0. The predicted molar refractivity (Wildman–Crippen MR) is 83.3 cm³/mol. The third-order valence-corrected chi connectivity index (χ3v) is 5.42. The maximum absolute atomic E-state index is 12.9. The van der Waals surface area contributed by atoms with E-state index in [1.807, 2.05) is 36.9 Å². The number of aryl methyl sites for hydroxylation is 1. The fraction of sp³-hybridized carbons (Fsp3) is 0.611. The minimum atomic E-state index is -0.220. The van der Waals surface area contributed by atoms with Gasteiger partial charge in [-0.3, -0.25) is 4.79 Å². The van der Waals surface area contributed by atoms with Crippen LogP contribution in [0.15, 0.2) is 18.2 Å². The molecule has 3 rings (SSSR count). The second-order valence-electron chi connectivity index (χ2n) is 6.62. The highest BCUT2D eigenvalue weighted by Crippen LogP contribution is 2.36. The lowest BCUT2D eigenvalue weighted by molar-refractivity contribution is 0.0527. The molecular weight excluding hydrogens is 262 g/mol. The van der Waals surface area contributed by atoms with Gasteiger partial charge in [0.1, 0.15) is 0 Å². The molecule has 0 bridgehead atoms. The van der Waals surface area contributed by atoms with Crippen LogP contribution in [0.1, 0.15) is 53.6 Å². The topological polar surface area (TPSA) is 40.5 Å². The van der Waals surface area contributed by atoms with Crippen LogP contribution in [-0.2, 0) is 0 Å². The van der Waals surface area contributed by atoms with Crippen molar-refractivity contribution in [2.24, 2.45) is 5.92 Å². The first-order valence-electron chi connectivity index (χ1n) is 8.15. The van der Waals surface area contributed by atoms with Crippen molar-refractivity contribution in [2.75, 3.05) is 6.54 Å². The highest BCUT2D eigenvalue weighted by atomic mass is 16.3. The van der Waals surface area contributed by atoms with Crippen LogP contribution in [0.3, 0.4) is 0 Å². The molecular formula is C18H25NO2. The lowest BCUT2D eigenvalue weighted by atomic mass is 9.93. The van der Waals surface area contributed by atoms with E-state index >= 15 is 0 Å². The standard InChI is InChI=1S/C18H25NO2/c1-12-6-3-7-14(13(12)2)18(21)19-11-5-9-16(19)15-8-4-10-17(15)20/h3,6-7,15-17,20H,4-5,8-11H2,1-2H3. The number of benzene rings is 1. The van der Waals surface area contributed by atoms with Gasteiger partial charge in [0.25, 0.3) is 5.91 Å². The van der Waals surface area contributed by atoms with Crippen LogP contribution in [-0.4, -0.2) is 34.6 Å². The Bertz CT molecular complexity index is 540. The Morgan fingerprint density at radius 2 is 2.00 bits per heavy atom. The van der Waals surface area contributed by atoms with Crippen LogP contribution >= 0.6 is 0 Å². The number of hydrogen-bond acceptors (Lipinski definition) is 2. The summed E-state index contributed by atoms with van der Waals surface area (Å²) in [6, 6.07) is 6.18. The smallest absolute Gasteiger partial charge is 0.254 e. The second kappa shape index (κ2) is 5.80. The number of carbonyl (C=O) groups is 1. The van der Waals surface area contributed by atoms with Gasteiger partial charge in [0, 0.05) is 24.1 Å². The molecule has 1 saturated carbocycles. The van der Waals surface area contributed by atoms with Crippen molar-refractivity contribution >= 4 is 5.91 Å². The van der Waals surface area contributed by atoms with E-state index in [2.05, 4.69) is 0 Å². The van der Waals surface area contributed by atoms with Crippen molar-refractivity contribution in [3.8, 4) is 0 Å². The summed E-state index contributed by atoms with van der Waals surface area (Å²) in [5.41, 5.74) is 3.08. The summed E-state index contributed by atoms with van der Waals surface area (Å²) >= 11 is 0. The Labute approximate surface area is 127 Å². The van der Waals surface area contributed by atoms with Crippen LogP contribution < -0.4 is 0 Å². The van der Waals surface area contributed by atoms with Crippen molar-refractivity contribution in [1.82, 2.24) is 4.90 Å². The van der Waals surface area contributed by atoms with E-state index in [0.29, 0.717) is 0 Å². The fourth-order valence-corrected chi connectivity index (χ4v) is 4.05. The summed E-state index contributed by atoms with van der Waals surface area (Å²) in [6.45, 7) is 4.91. The monoisotopic (exact) mass is 287 g/mol. The molecule has 21 heavy (non-hydrogen) atoms. The van der Waals surface area contributed by atoms with Crippen LogP contribution in [0.2, 0.25) is 0 Å². The normalized spacial score (nSPS) is 29.1. The molecule has 3 atom stereocenters. The van der Waals surface area contributed by atoms with Gasteiger partial charge in [-0.15, -0.1) is 0 Å². The summed E-state index contributed by atoms with van der Waals surface area (Å²) < 4.78 is 0. The molecule has 1 aromatic carbocycles. The quantitative estimate of drug-likeness (QED) is 0.908. The van der Waals surface area contributed by atoms with Gasteiger partial charge in [-0.2, -0.15) is 0 Å². The number of carbonyl (C=O) groups excluding carboxylic acids is 1. The molecule has 0 aromatic heterocycles.